The van der Waals surface area contributed by atoms with Crippen molar-refractivity contribution in [3.8, 4) is 11.5 Å². The van der Waals surface area contributed by atoms with Crippen LogP contribution in [0.4, 0.5) is 10.5 Å². The Morgan fingerprint density at radius 1 is 0.917 bits per heavy atom. The lowest BCUT2D eigenvalue weighted by molar-refractivity contribution is 0.218. The molecule has 0 spiro atoms. The van der Waals surface area contributed by atoms with Crippen LogP contribution >= 0.6 is 23.2 Å². The van der Waals surface area contributed by atoms with Gasteiger partial charge in [0.25, 0.3) is 0 Å². The Bertz CT molecular complexity index is 1410. The molecule has 1 N–H and O–H groups in total. The summed E-state index contributed by atoms with van der Waals surface area (Å²) in [5.41, 5.74) is 4.31. The number of ether oxygens (including phenoxy) is 1. The molecule has 1 aliphatic heterocycles. The number of halogens is 2. The van der Waals surface area contributed by atoms with E-state index >= 15 is 0 Å². The summed E-state index contributed by atoms with van der Waals surface area (Å²) in [6.45, 7) is 2.34. The van der Waals surface area contributed by atoms with Gasteiger partial charge in [0.2, 0.25) is 0 Å². The van der Waals surface area contributed by atoms with Crippen molar-refractivity contribution >= 4 is 40.6 Å². The first-order valence-electron chi connectivity index (χ1n) is 11.5. The van der Waals surface area contributed by atoms with E-state index in [4.69, 9.17) is 33.0 Å². The highest BCUT2D eigenvalue weighted by Gasteiger charge is 2.32. The molecule has 0 aliphatic carbocycles. The van der Waals surface area contributed by atoms with Crippen molar-refractivity contribution in [3.05, 3.63) is 124 Å². The predicted molar refractivity (Wildman–Crippen MR) is 146 cm³/mol. The van der Waals surface area contributed by atoms with Crippen LogP contribution in [0.5, 0.6) is 11.5 Å². The molecule has 2 amide bonds. The average molecular weight is 516 g/mol. The summed E-state index contributed by atoms with van der Waals surface area (Å²) in [6, 6.07) is 29.9. The third kappa shape index (κ3) is 5.38. The number of hydrogen-bond donors (Lipinski definition) is 1. The SMILES string of the molecule is Cc1cc(NC(=O)N2CC(c3ccc(Cl)cc3)C(c3ccc(Cl)cc3)=N2)ccc1Oc1ccccc1. The lowest BCUT2D eigenvalue weighted by Gasteiger charge is -2.17. The van der Waals surface area contributed by atoms with Gasteiger partial charge < -0.3 is 10.1 Å². The number of hydrogen-bond acceptors (Lipinski definition) is 3. The molecule has 0 saturated carbocycles. The van der Waals surface area contributed by atoms with Gasteiger partial charge in [0.15, 0.2) is 0 Å². The lowest BCUT2D eigenvalue weighted by atomic mass is 9.91. The zero-order valence-corrected chi connectivity index (χ0v) is 21.0. The molecule has 1 atom stereocenters. The van der Waals surface area contributed by atoms with Crippen LogP contribution in [0.25, 0.3) is 0 Å². The molecule has 180 valence electrons. The van der Waals surface area contributed by atoms with E-state index < -0.39 is 0 Å². The summed E-state index contributed by atoms with van der Waals surface area (Å²) in [7, 11) is 0. The second-order valence-corrected chi connectivity index (χ2v) is 9.38. The van der Waals surface area contributed by atoms with Gasteiger partial charge in [-0.05, 0) is 78.2 Å². The van der Waals surface area contributed by atoms with Crippen molar-refractivity contribution in [3.63, 3.8) is 0 Å². The molecule has 7 heteroatoms. The molecule has 0 fully saturated rings. The second kappa shape index (κ2) is 10.4. The molecule has 36 heavy (non-hydrogen) atoms. The molecule has 0 aromatic heterocycles. The van der Waals surface area contributed by atoms with Crippen molar-refractivity contribution in [2.45, 2.75) is 12.8 Å². The molecular weight excluding hydrogens is 493 g/mol. The van der Waals surface area contributed by atoms with E-state index in [2.05, 4.69) is 5.32 Å². The van der Waals surface area contributed by atoms with Gasteiger partial charge in [0.05, 0.1) is 12.3 Å². The van der Waals surface area contributed by atoms with Crippen LogP contribution in [0.3, 0.4) is 0 Å². The predicted octanol–water partition coefficient (Wildman–Crippen LogP) is 8.13. The minimum atomic E-state index is -0.311. The maximum Gasteiger partial charge on any atom is 0.342 e. The van der Waals surface area contributed by atoms with Gasteiger partial charge in [-0.15, -0.1) is 0 Å². The summed E-state index contributed by atoms with van der Waals surface area (Å²) in [6.07, 6.45) is 0. The van der Waals surface area contributed by atoms with Crippen molar-refractivity contribution in [2.75, 3.05) is 11.9 Å². The third-order valence-electron chi connectivity index (χ3n) is 5.96. The molecular formula is C29H23Cl2N3O2. The number of nitrogens with zero attached hydrogens (tertiary/aromatic N) is 2. The van der Waals surface area contributed by atoms with Crippen LogP contribution < -0.4 is 10.1 Å². The number of rotatable bonds is 5. The van der Waals surface area contributed by atoms with Gasteiger partial charge in [-0.25, -0.2) is 9.80 Å². The van der Waals surface area contributed by atoms with Crippen LogP contribution in [0.15, 0.2) is 102 Å². The molecule has 4 aromatic rings. The molecule has 0 radical (unpaired) electrons. The van der Waals surface area contributed by atoms with E-state index in [1.165, 1.54) is 5.01 Å². The summed E-state index contributed by atoms with van der Waals surface area (Å²) >= 11 is 12.2. The highest BCUT2D eigenvalue weighted by atomic mass is 35.5. The van der Waals surface area contributed by atoms with Crippen molar-refractivity contribution < 1.29 is 9.53 Å². The monoisotopic (exact) mass is 515 g/mol. The normalized spacial score (nSPS) is 14.9. The van der Waals surface area contributed by atoms with Crippen molar-refractivity contribution in [1.82, 2.24) is 5.01 Å². The number of nitrogens with one attached hydrogen (secondary N) is 1. The maximum atomic E-state index is 13.2. The van der Waals surface area contributed by atoms with Crippen LogP contribution in [-0.4, -0.2) is 23.3 Å². The molecule has 1 unspecified atom stereocenters. The number of benzene rings is 4. The maximum absolute atomic E-state index is 13.2. The summed E-state index contributed by atoms with van der Waals surface area (Å²) in [4.78, 5) is 13.2. The van der Waals surface area contributed by atoms with E-state index in [9.17, 15) is 4.79 Å². The Labute approximate surface area is 219 Å². The third-order valence-corrected chi connectivity index (χ3v) is 6.46. The van der Waals surface area contributed by atoms with Crippen LogP contribution in [0.2, 0.25) is 10.0 Å². The number of hydrazone groups is 1. The van der Waals surface area contributed by atoms with Gasteiger partial charge in [0.1, 0.15) is 11.5 Å². The molecule has 5 nitrogen and oxygen atoms in total. The Balaban J connectivity index is 1.36. The minimum absolute atomic E-state index is 0.0995. The number of carbonyl (C=O) groups excluding carboxylic acids is 1. The number of carbonyl (C=O) groups is 1. The number of anilines is 1. The van der Waals surface area contributed by atoms with Crippen LogP contribution in [0.1, 0.15) is 22.6 Å². The Morgan fingerprint density at radius 2 is 1.58 bits per heavy atom. The largest absolute Gasteiger partial charge is 0.457 e. The molecule has 4 aromatic carbocycles. The number of amides is 2. The van der Waals surface area contributed by atoms with Gasteiger partial charge in [-0.1, -0.05) is 65.7 Å². The van der Waals surface area contributed by atoms with Crippen LogP contribution in [0, 0.1) is 6.92 Å². The van der Waals surface area contributed by atoms with Crippen LogP contribution in [-0.2, 0) is 0 Å². The zero-order valence-electron chi connectivity index (χ0n) is 19.5. The topological polar surface area (TPSA) is 53.9 Å². The van der Waals surface area contributed by atoms with Crippen molar-refractivity contribution in [2.24, 2.45) is 5.10 Å². The quantitative estimate of drug-likeness (QED) is 0.291. The first kappa shape index (κ1) is 23.9. The molecule has 1 heterocycles. The second-order valence-electron chi connectivity index (χ2n) is 8.50. The highest BCUT2D eigenvalue weighted by Crippen LogP contribution is 2.31. The summed E-state index contributed by atoms with van der Waals surface area (Å²) in [5.74, 6) is 1.38. The molecule has 1 aliphatic rings. The van der Waals surface area contributed by atoms with E-state index in [1.807, 2.05) is 104 Å². The first-order valence-corrected chi connectivity index (χ1v) is 12.2. The fraction of sp³-hybridized carbons (Fsp3) is 0.103. The lowest BCUT2D eigenvalue weighted by Crippen LogP contribution is -2.30. The fourth-order valence-electron chi connectivity index (χ4n) is 4.11. The van der Waals surface area contributed by atoms with Gasteiger partial charge in [-0.2, -0.15) is 5.10 Å². The molecule has 0 bridgehead atoms. The smallest absolute Gasteiger partial charge is 0.342 e. The van der Waals surface area contributed by atoms with Gasteiger partial charge in [0, 0.05) is 21.7 Å². The minimum Gasteiger partial charge on any atom is -0.457 e. The van der Waals surface area contributed by atoms with Gasteiger partial charge >= 0.3 is 6.03 Å². The number of para-hydroxylation sites is 1. The summed E-state index contributed by atoms with van der Waals surface area (Å²) in [5, 5.41) is 10.4. The van der Waals surface area contributed by atoms with E-state index in [1.54, 1.807) is 0 Å². The number of urea groups is 1. The zero-order chi connectivity index (χ0) is 25.1. The Kier molecular flexibility index (Phi) is 6.94. The first-order chi connectivity index (χ1) is 17.5. The van der Waals surface area contributed by atoms with E-state index in [0.29, 0.717) is 22.3 Å². The van der Waals surface area contributed by atoms with E-state index in [-0.39, 0.29) is 11.9 Å². The Morgan fingerprint density at radius 3 is 2.25 bits per heavy atom. The van der Waals surface area contributed by atoms with Crippen molar-refractivity contribution in [1.29, 1.82) is 0 Å². The summed E-state index contributed by atoms with van der Waals surface area (Å²) < 4.78 is 5.95. The standard InChI is InChI=1S/C29H23Cl2N3O2/c1-19-17-24(15-16-27(19)36-25-5-3-2-4-6-25)32-29(35)34-18-26(20-7-11-22(30)12-8-20)28(33-34)21-9-13-23(31)14-10-21/h2-17,26H,18H2,1H3,(H,32,35). The Hall–Kier alpha value is -3.80. The average Bonchev–Trinajstić information content (AvgIpc) is 3.33. The highest BCUT2D eigenvalue weighted by molar-refractivity contribution is 6.31. The molecule has 0 saturated heterocycles. The number of aryl methyl sites for hydroxylation is 1. The van der Waals surface area contributed by atoms with E-state index in [0.717, 1.165) is 33.9 Å². The molecule has 5 rings (SSSR count). The fourth-order valence-corrected chi connectivity index (χ4v) is 4.36. The van der Waals surface area contributed by atoms with Gasteiger partial charge in [-0.3, -0.25) is 0 Å².